The summed E-state index contributed by atoms with van der Waals surface area (Å²) in [6, 6.07) is 9.35. The van der Waals surface area contributed by atoms with E-state index in [1.165, 1.54) is 18.2 Å². The monoisotopic (exact) mass is 434 g/mol. The molecule has 0 radical (unpaired) electrons. The molecule has 160 valence electrons. The summed E-state index contributed by atoms with van der Waals surface area (Å²) in [4.78, 5) is 12.2. The van der Waals surface area contributed by atoms with Crippen LogP contribution in [0.2, 0.25) is 0 Å². The zero-order chi connectivity index (χ0) is 22.8. The number of phenols is 3. The van der Waals surface area contributed by atoms with E-state index in [-0.39, 0.29) is 17.1 Å². The van der Waals surface area contributed by atoms with Crippen LogP contribution >= 0.6 is 0 Å². The van der Waals surface area contributed by atoms with Crippen LogP contribution in [0.1, 0.15) is 21.5 Å². The molecule has 0 unspecified atom stereocenters. The minimum atomic E-state index is -4.78. The van der Waals surface area contributed by atoms with Crippen molar-refractivity contribution in [3.8, 4) is 28.7 Å². The first-order valence-electron chi connectivity index (χ1n) is 8.66. The highest BCUT2D eigenvalue weighted by Gasteiger charge is 2.33. The van der Waals surface area contributed by atoms with E-state index in [2.05, 4.69) is 0 Å². The Morgan fingerprint density at radius 1 is 0.871 bits per heavy atom. The number of hydrogen-bond acceptors (Lipinski definition) is 5. The maximum absolute atomic E-state index is 13.5. The van der Waals surface area contributed by atoms with Gasteiger partial charge < -0.3 is 20.1 Å². The van der Waals surface area contributed by atoms with Crippen LogP contribution in [0, 0.1) is 5.82 Å². The Morgan fingerprint density at radius 3 is 2.03 bits per heavy atom. The van der Waals surface area contributed by atoms with Crippen LogP contribution in [0.4, 0.5) is 17.6 Å². The third-order valence-corrected chi connectivity index (χ3v) is 4.12. The number of alkyl halides is 3. The molecule has 3 aromatic carbocycles. The molecule has 3 N–H and O–H groups in total. The molecule has 9 heteroatoms. The molecule has 0 saturated heterocycles. The van der Waals surface area contributed by atoms with Crippen LogP contribution in [0.3, 0.4) is 0 Å². The number of rotatable bonds is 5. The van der Waals surface area contributed by atoms with E-state index in [0.717, 1.165) is 48.6 Å². The van der Waals surface area contributed by atoms with E-state index in [9.17, 15) is 37.7 Å². The van der Waals surface area contributed by atoms with Crippen molar-refractivity contribution in [1.82, 2.24) is 0 Å². The number of ketones is 1. The third-order valence-electron chi connectivity index (χ3n) is 4.12. The number of benzene rings is 3. The molecular formula is C22H14F4O5. The first-order valence-corrected chi connectivity index (χ1v) is 8.66. The summed E-state index contributed by atoms with van der Waals surface area (Å²) in [6.45, 7) is 0. The lowest BCUT2D eigenvalue weighted by Gasteiger charge is -2.13. The van der Waals surface area contributed by atoms with Gasteiger partial charge in [0.1, 0.15) is 40.1 Å². The van der Waals surface area contributed by atoms with E-state index >= 15 is 0 Å². The quantitative estimate of drug-likeness (QED) is 0.275. The van der Waals surface area contributed by atoms with Gasteiger partial charge >= 0.3 is 6.18 Å². The zero-order valence-electron chi connectivity index (χ0n) is 15.5. The highest BCUT2D eigenvalue weighted by atomic mass is 19.4. The number of carbonyl (C=O) groups excluding carboxylic acids is 1. The molecule has 3 rings (SSSR count). The smallest absolute Gasteiger partial charge is 0.417 e. The fraction of sp³-hybridized carbons (Fsp3) is 0.0455. The van der Waals surface area contributed by atoms with E-state index in [0.29, 0.717) is 0 Å². The molecule has 0 aromatic heterocycles. The zero-order valence-corrected chi connectivity index (χ0v) is 15.5. The maximum Gasteiger partial charge on any atom is 0.417 e. The van der Waals surface area contributed by atoms with Gasteiger partial charge in [0.15, 0.2) is 5.78 Å². The maximum atomic E-state index is 13.5. The number of ether oxygens (including phenoxy) is 1. The van der Waals surface area contributed by atoms with Crippen LogP contribution in [-0.4, -0.2) is 21.1 Å². The van der Waals surface area contributed by atoms with Crippen molar-refractivity contribution in [2.45, 2.75) is 6.18 Å². The second-order valence-corrected chi connectivity index (χ2v) is 6.36. The average molecular weight is 434 g/mol. The van der Waals surface area contributed by atoms with Gasteiger partial charge in [-0.3, -0.25) is 4.79 Å². The number of halogens is 4. The first-order chi connectivity index (χ1) is 14.5. The van der Waals surface area contributed by atoms with Crippen LogP contribution in [0.5, 0.6) is 28.7 Å². The molecule has 0 saturated carbocycles. The summed E-state index contributed by atoms with van der Waals surface area (Å²) in [5, 5.41) is 28.7. The van der Waals surface area contributed by atoms with Crippen LogP contribution in [-0.2, 0) is 6.18 Å². The van der Waals surface area contributed by atoms with Crippen molar-refractivity contribution in [2.75, 3.05) is 0 Å². The van der Waals surface area contributed by atoms with Crippen molar-refractivity contribution in [1.29, 1.82) is 0 Å². The van der Waals surface area contributed by atoms with Gasteiger partial charge in [0.25, 0.3) is 0 Å². The molecule has 0 spiro atoms. The van der Waals surface area contributed by atoms with E-state index in [4.69, 9.17) is 4.74 Å². The Kier molecular flexibility index (Phi) is 5.87. The number of aromatic hydroxyl groups is 3. The minimum Gasteiger partial charge on any atom is -0.508 e. The lowest BCUT2D eigenvalue weighted by molar-refractivity contribution is -0.137. The number of phenolic OH excluding ortho intramolecular Hbond substituents is 3. The summed E-state index contributed by atoms with van der Waals surface area (Å²) in [5.41, 5.74) is -2.04. The average Bonchev–Trinajstić information content (AvgIpc) is 2.67. The highest BCUT2D eigenvalue weighted by molar-refractivity contribution is 6.10. The van der Waals surface area contributed by atoms with E-state index in [1.54, 1.807) is 0 Å². The van der Waals surface area contributed by atoms with Gasteiger partial charge in [-0.25, -0.2) is 4.39 Å². The minimum absolute atomic E-state index is 0.131. The third kappa shape index (κ3) is 5.13. The van der Waals surface area contributed by atoms with Crippen molar-refractivity contribution in [3.63, 3.8) is 0 Å². The second kappa shape index (κ2) is 8.39. The molecule has 31 heavy (non-hydrogen) atoms. The van der Waals surface area contributed by atoms with Crippen molar-refractivity contribution in [3.05, 3.63) is 83.2 Å². The Labute approximate surface area is 173 Å². The van der Waals surface area contributed by atoms with Gasteiger partial charge in [0.2, 0.25) is 0 Å². The SMILES string of the molecule is O=C(/C=C/c1ccc(Oc2ccc(F)cc2)cc1C(F)(F)F)c1c(O)cc(O)cc1O. The summed E-state index contributed by atoms with van der Waals surface area (Å²) < 4.78 is 58.8. The fourth-order valence-corrected chi connectivity index (χ4v) is 2.73. The summed E-state index contributed by atoms with van der Waals surface area (Å²) >= 11 is 0. The molecule has 0 amide bonds. The largest absolute Gasteiger partial charge is 0.508 e. The van der Waals surface area contributed by atoms with Crippen LogP contribution in [0.25, 0.3) is 6.08 Å². The predicted molar refractivity (Wildman–Crippen MR) is 103 cm³/mol. The molecule has 0 aliphatic heterocycles. The van der Waals surface area contributed by atoms with Crippen molar-refractivity contribution < 1.29 is 42.4 Å². The normalized spacial score (nSPS) is 11.6. The summed E-state index contributed by atoms with van der Waals surface area (Å²) in [5.74, 6) is -3.49. The molecule has 0 fully saturated rings. The van der Waals surface area contributed by atoms with Gasteiger partial charge in [-0.05, 0) is 48.0 Å². The standard InChI is InChI=1S/C22H14F4O5/c23-13-3-6-15(7-4-13)31-16-5-1-12(17(11-16)22(24,25)26)2-8-18(28)21-19(29)9-14(27)10-20(21)30/h1-11,27,29-30H/b8-2+. The molecule has 0 bridgehead atoms. The number of carbonyl (C=O) groups is 1. The predicted octanol–water partition coefficient (Wildman–Crippen LogP) is 5.65. The van der Waals surface area contributed by atoms with E-state index < -0.39 is 46.2 Å². The van der Waals surface area contributed by atoms with Gasteiger partial charge in [-0.1, -0.05) is 12.1 Å². The number of hydrogen-bond donors (Lipinski definition) is 3. The number of allylic oxidation sites excluding steroid dienone is 1. The second-order valence-electron chi connectivity index (χ2n) is 6.36. The van der Waals surface area contributed by atoms with Gasteiger partial charge in [0, 0.05) is 12.1 Å². The Bertz CT molecular complexity index is 1130. The summed E-state index contributed by atoms with van der Waals surface area (Å²) in [7, 11) is 0. The molecular weight excluding hydrogens is 420 g/mol. The molecule has 0 aliphatic carbocycles. The highest BCUT2D eigenvalue weighted by Crippen LogP contribution is 2.37. The van der Waals surface area contributed by atoms with Gasteiger partial charge in [0.05, 0.1) is 5.56 Å². The Balaban J connectivity index is 1.92. The molecule has 0 aliphatic rings. The van der Waals surface area contributed by atoms with Crippen molar-refractivity contribution in [2.24, 2.45) is 0 Å². The Hall–Kier alpha value is -4.01. The van der Waals surface area contributed by atoms with Crippen LogP contribution in [0.15, 0.2) is 60.7 Å². The molecule has 0 heterocycles. The lowest BCUT2D eigenvalue weighted by Crippen LogP contribution is -2.08. The molecule has 5 nitrogen and oxygen atoms in total. The Morgan fingerprint density at radius 2 is 1.45 bits per heavy atom. The topological polar surface area (TPSA) is 87.0 Å². The van der Waals surface area contributed by atoms with Crippen molar-refractivity contribution >= 4 is 11.9 Å². The van der Waals surface area contributed by atoms with Gasteiger partial charge in [-0.2, -0.15) is 13.2 Å². The lowest BCUT2D eigenvalue weighted by atomic mass is 10.0. The summed E-state index contributed by atoms with van der Waals surface area (Å²) in [6.07, 6.45) is -3.16. The first kappa shape index (κ1) is 21.7. The fourth-order valence-electron chi connectivity index (χ4n) is 2.73. The molecule has 3 aromatic rings. The molecule has 0 atom stereocenters. The van der Waals surface area contributed by atoms with Gasteiger partial charge in [-0.15, -0.1) is 0 Å². The van der Waals surface area contributed by atoms with Crippen LogP contribution < -0.4 is 4.74 Å². The van der Waals surface area contributed by atoms with E-state index in [1.807, 2.05) is 0 Å².